The summed E-state index contributed by atoms with van der Waals surface area (Å²) in [5.41, 5.74) is 3.02. The van der Waals surface area contributed by atoms with Crippen LogP contribution in [-0.4, -0.2) is 5.11 Å². The van der Waals surface area contributed by atoms with Crippen LogP contribution in [0.15, 0.2) is 36.4 Å². The maximum Gasteiger partial charge on any atom is 0.134 e. The van der Waals surface area contributed by atoms with Gasteiger partial charge in [-0.25, -0.2) is 0 Å². The van der Waals surface area contributed by atoms with E-state index in [1.54, 1.807) is 18.2 Å². The number of hydrogen-bond acceptors (Lipinski definition) is 2. The van der Waals surface area contributed by atoms with Gasteiger partial charge < -0.3 is 9.84 Å². The van der Waals surface area contributed by atoms with Gasteiger partial charge in [0, 0.05) is 16.1 Å². The van der Waals surface area contributed by atoms with Crippen molar-refractivity contribution >= 4 is 11.6 Å². The number of ether oxygens (including phenoxy) is 1. The minimum absolute atomic E-state index is 0.0285. The highest BCUT2D eigenvalue weighted by Crippen LogP contribution is 2.36. The third kappa shape index (κ3) is 3.78. The molecule has 0 spiro atoms. The van der Waals surface area contributed by atoms with E-state index in [1.165, 1.54) is 5.56 Å². The summed E-state index contributed by atoms with van der Waals surface area (Å²) in [6, 6.07) is 11.4. The highest BCUT2D eigenvalue weighted by atomic mass is 35.5. The molecule has 0 radical (unpaired) electrons. The van der Waals surface area contributed by atoms with E-state index in [0.717, 1.165) is 16.9 Å². The quantitative estimate of drug-likeness (QED) is 0.841. The van der Waals surface area contributed by atoms with Crippen molar-refractivity contribution < 1.29 is 9.84 Å². The zero-order valence-corrected chi connectivity index (χ0v) is 13.7. The molecule has 0 aliphatic carbocycles. The molecule has 2 rings (SSSR count). The van der Waals surface area contributed by atoms with Crippen molar-refractivity contribution in [3.63, 3.8) is 0 Å². The SMILES string of the molecule is Cc1ccc(Oc2cc(Cl)ccc2CO)c(C(C)(C)C)c1. The molecule has 0 atom stereocenters. The number of rotatable bonds is 3. The lowest BCUT2D eigenvalue weighted by Gasteiger charge is -2.24. The van der Waals surface area contributed by atoms with Gasteiger partial charge in [0.25, 0.3) is 0 Å². The molecule has 0 aromatic heterocycles. The summed E-state index contributed by atoms with van der Waals surface area (Å²) in [7, 11) is 0. The van der Waals surface area contributed by atoms with Gasteiger partial charge in [-0.3, -0.25) is 0 Å². The van der Waals surface area contributed by atoms with Crippen LogP contribution in [0.2, 0.25) is 5.02 Å². The Morgan fingerprint density at radius 3 is 2.38 bits per heavy atom. The Kier molecular flexibility index (Phi) is 4.60. The molecule has 21 heavy (non-hydrogen) atoms. The van der Waals surface area contributed by atoms with Gasteiger partial charge in [0.15, 0.2) is 0 Å². The lowest BCUT2D eigenvalue weighted by Crippen LogP contribution is -2.13. The molecule has 0 saturated heterocycles. The lowest BCUT2D eigenvalue weighted by molar-refractivity contribution is 0.276. The molecule has 0 aliphatic rings. The van der Waals surface area contributed by atoms with E-state index >= 15 is 0 Å². The monoisotopic (exact) mass is 304 g/mol. The molecule has 0 saturated carbocycles. The number of aliphatic hydroxyl groups is 1. The van der Waals surface area contributed by atoms with Gasteiger partial charge in [0.2, 0.25) is 0 Å². The van der Waals surface area contributed by atoms with E-state index in [9.17, 15) is 5.11 Å². The predicted octanol–water partition coefficient (Wildman–Crippen LogP) is 5.23. The second-order valence-electron chi connectivity index (χ2n) is 6.26. The topological polar surface area (TPSA) is 29.5 Å². The van der Waals surface area contributed by atoms with Crippen molar-refractivity contribution in [3.8, 4) is 11.5 Å². The van der Waals surface area contributed by atoms with Gasteiger partial charge in [-0.2, -0.15) is 0 Å². The van der Waals surface area contributed by atoms with Crippen LogP contribution in [-0.2, 0) is 12.0 Å². The number of benzene rings is 2. The normalized spacial score (nSPS) is 11.5. The van der Waals surface area contributed by atoms with E-state index in [1.807, 2.05) is 12.1 Å². The maximum absolute atomic E-state index is 9.44. The smallest absolute Gasteiger partial charge is 0.134 e. The molecule has 0 bridgehead atoms. The average molecular weight is 305 g/mol. The summed E-state index contributed by atoms with van der Waals surface area (Å²) >= 11 is 6.03. The highest BCUT2D eigenvalue weighted by molar-refractivity contribution is 6.30. The van der Waals surface area contributed by atoms with E-state index in [4.69, 9.17) is 16.3 Å². The summed E-state index contributed by atoms with van der Waals surface area (Å²) in [6.07, 6.45) is 0. The van der Waals surface area contributed by atoms with Crippen LogP contribution in [0.4, 0.5) is 0 Å². The van der Waals surface area contributed by atoms with Crippen LogP contribution in [0, 0.1) is 6.92 Å². The van der Waals surface area contributed by atoms with Crippen LogP contribution in [0.1, 0.15) is 37.5 Å². The first kappa shape index (κ1) is 15.9. The molecule has 2 nitrogen and oxygen atoms in total. The first-order valence-corrected chi connectivity index (χ1v) is 7.37. The van der Waals surface area contributed by atoms with Gasteiger partial charge in [-0.15, -0.1) is 0 Å². The number of hydrogen-bond donors (Lipinski definition) is 1. The fourth-order valence-electron chi connectivity index (χ4n) is 2.19. The summed E-state index contributed by atoms with van der Waals surface area (Å²) in [5, 5.41) is 10.0. The molecule has 0 heterocycles. The zero-order valence-electron chi connectivity index (χ0n) is 12.9. The van der Waals surface area contributed by atoms with Crippen molar-refractivity contribution in [1.82, 2.24) is 0 Å². The summed E-state index contributed by atoms with van der Waals surface area (Å²) in [4.78, 5) is 0. The number of halogens is 1. The van der Waals surface area contributed by atoms with Crippen LogP contribution in [0.3, 0.4) is 0 Å². The fraction of sp³-hybridized carbons (Fsp3) is 0.333. The molecule has 0 unspecified atom stereocenters. The van der Waals surface area contributed by atoms with Gasteiger partial charge in [0.05, 0.1) is 6.61 Å². The van der Waals surface area contributed by atoms with Gasteiger partial charge in [-0.05, 0) is 30.5 Å². The van der Waals surface area contributed by atoms with Crippen LogP contribution < -0.4 is 4.74 Å². The standard InChI is InChI=1S/C18H21ClO2/c1-12-5-8-16(15(9-12)18(2,3)4)21-17-10-14(19)7-6-13(17)11-20/h5-10,20H,11H2,1-4H3. The van der Waals surface area contributed by atoms with E-state index in [-0.39, 0.29) is 12.0 Å². The molecular weight excluding hydrogens is 284 g/mol. The van der Waals surface area contributed by atoms with Crippen molar-refractivity contribution in [3.05, 3.63) is 58.1 Å². The van der Waals surface area contributed by atoms with Crippen molar-refractivity contribution in [2.45, 2.75) is 39.7 Å². The minimum atomic E-state index is -0.0801. The largest absolute Gasteiger partial charge is 0.457 e. The highest BCUT2D eigenvalue weighted by Gasteiger charge is 2.20. The summed E-state index contributed by atoms with van der Waals surface area (Å²) in [5.74, 6) is 1.39. The van der Waals surface area contributed by atoms with Crippen LogP contribution in [0.5, 0.6) is 11.5 Å². The summed E-state index contributed by atoms with van der Waals surface area (Å²) < 4.78 is 6.05. The first-order chi connectivity index (χ1) is 9.81. The second-order valence-corrected chi connectivity index (χ2v) is 6.70. The molecule has 1 N–H and O–H groups in total. The number of aryl methyl sites for hydroxylation is 1. The van der Waals surface area contributed by atoms with E-state index in [0.29, 0.717) is 10.8 Å². The number of aliphatic hydroxyl groups excluding tert-OH is 1. The average Bonchev–Trinajstić information content (AvgIpc) is 2.40. The molecule has 0 aliphatic heterocycles. The van der Waals surface area contributed by atoms with Crippen LogP contribution >= 0.6 is 11.6 Å². The molecule has 0 fully saturated rings. The summed E-state index contributed by atoms with van der Waals surface area (Å²) in [6.45, 7) is 8.44. The van der Waals surface area contributed by atoms with Crippen molar-refractivity contribution in [2.24, 2.45) is 0 Å². The molecule has 3 heteroatoms. The predicted molar refractivity (Wildman–Crippen MR) is 87.3 cm³/mol. The molecule has 2 aromatic carbocycles. The third-order valence-electron chi connectivity index (χ3n) is 3.36. The Morgan fingerprint density at radius 1 is 1.05 bits per heavy atom. The van der Waals surface area contributed by atoms with Gasteiger partial charge in [-0.1, -0.05) is 56.1 Å². The molecule has 0 amide bonds. The van der Waals surface area contributed by atoms with Crippen LogP contribution in [0.25, 0.3) is 0 Å². The molecular formula is C18H21ClO2. The second kappa shape index (κ2) is 6.08. The third-order valence-corrected chi connectivity index (χ3v) is 3.60. The first-order valence-electron chi connectivity index (χ1n) is 6.99. The van der Waals surface area contributed by atoms with E-state index in [2.05, 4.69) is 33.8 Å². The van der Waals surface area contributed by atoms with Gasteiger partial charge >= 0.3 is 0 Å². The fourth-order valence-corrected chi connectivity index (χ4v) is 2.35. The Hall–Kier alpha value is -1.51. The molecule has 112 valence electrons. The van der Waals surface area contributed by atoms with Crippen molar-refractivity contribution in [1.29, 1.82) is 0 Å². The zero-order chi connectivity index (χ0) is 15.6. The molecule has 2 aromatic rings. The van der Waals surface area contributed by atoms with E-state index < -0.39 is 0 Å². The lowest BCUT2D eigenvalue weighted by atomic mass is 9.85. The van der Waals surface area contributed by atoms with Gasteiger partial charge in [0.1, 0.15) is 11.5 Å². The minimum Gasteiger partial charge on any atom is -0.457 e. The van der Waals surface area contributed by atoms with Crippen molar-refractivity contribution in [2.75, 3.05) is 0 Å². The Bertz CT molecular complexity index is 642. The Balaban J connectivity index is 2.47. The maximum atomic E-state index is 9.44. The Labute approximate surface area is 131 Å². The Morgan fingerprint density at radius 2 is 1.76 bits per heavy atom.